The van der Waals surface area contributed by atoms with Gasteiger partial charge in [-0.2, -0.15) is 0 Å². The predicted octanol–water partition coefficient (Wildman–Crippen LogP) is 1.14. The van der Waals surface area contributed by atoms with E-state index >= 15 is 0 Å². The zero-order chi connectivity index (χ0) is 10.8. The fourth-order valence-electron chi connectivity index (χ4n) is 2.30. The molecule has 5 heteroatoms. The van der Waals surface area contributed by atoms with Crippen LogP contribution in [0.25, 0.3) is 0 Å². The molecular formula is C10H11BrO4. The first-order chi connectivity index (χ1) is 6.92. The summed E-state index contributed by atoms with van der Waals surface area (Å²) in [4.78, 5) is 11.7. The number of fused-ring (bicyclic) bond motifs is 1. The van der Waals surface area contributed by atoms with Crippen LogP contribution in [0.5, 0.6) is 0 Å². The van der Waals surface area contributed by atoms with Crippen molar-refractivity contribution >= 4 is 21.9 Å². The van der Waals surface area contributed by atoms with Gasteiger partial charge in [0.15, 0.2) is 10.1 Å². The van der Waals surface area contributed by atoms with Crippen molar-refractivity contribution in [3.63, 3.8) is 0 Å². The molecule has 0 aromatic heterocycles. The highest BCUT2D eigenvalue weighted by atomic mass is 79.9. The number of rotatable bonds is 0. The van der Waals surface area contributed by atoms with Gasteiger partial charge in [0.05, 0.1) is 0 Å². The van der Waals surface area contributed by atoms with Gasteiger partial charge in [-0.15, -0.1) is 0 Å². The molecule has 0 saturated carbocycles. The van der Waals surface area contributed by atoms with Crippen LogP contribution in [0.1, 0.15) is 13.8 Å². The van der Waals surface area contributed by atoms with Crippen LogP contribution in [0.3, 0.4) is 0 Å². The number of carbonyl (C=O) groups is 1. The van der Waals surface area contributed by atoms with E-state index in [9.17, 15) is 4.79 Å². The molecule has 82 valence electrons. The first-order valence-electron chi connectivity index (χ1n) is 4.87. The summed E-state index contributed by atoms with van der Waals surface area (Å²) < 4.78 is 15.8. The molecule has 3 aliphatic heterocycles. The molecule has 0 N–H and O–H groups in total. The quantitative estimate of drug-likeness (QED) is 0.378. The van der Waals surface area contributed by atoms with E-state index in [1.54, 1.807) is 6.08 Å². The topological polar surface area (TPSA) is 44.8 Å². The van der Waals surface area contributed by atoms with Gasteiger partial charge in [-0.05, 0) is 19.9 Å². The number of hydrogen-bond donors (Lipinski definition) is 0. The molecule has 2 saturated heterocycles. The molecule has 4 nitrogen and oxygen atoms in total. The summed E-state index contributed by atoms with van der Waals surface area (Å²) in [7, 11) is 0. The van der Waals surface area contributed by atoms with E-state index in [2.05, 4.69) is 15.9 Å². The Morgan fingerprint density at radius 3 is 2.80 bits per heavy atom. The Morgan fingerprint density at radius 1 is 1.40 bits per heavy atom. The average Bonchev–Trinajstić information content (AvgIpc) is 2.46. The first-order valence-corrected chi connectivity index (χ1v) is 5.67. The van der Waals surface area contributed by atoms with Gasteiger partial charge in [-0.3, -0.25) is 4.79 Å². The van der Waals surface area contributed by atoms with Crippen LogP contribution in [0.15, 0.2) is 12.2 Å². The van der Waals surface area contributed by atoms with Gasteiger partial charge in [-0.25, -0.2) is 0 Å². The number of ether oxygens (including phenoxy) is 3. The monoisotopic (exact) mass is 274 g/mol. The molecule has 2 unspecified atom stereocenters. The van der Waals surface area contributed by atoms with E-state index < -0.39 is 10.1 Å². The SMILES string of the molecule is CC1(C)O[C@H]2C3C=CC(Br)(C(=O)O3)[C@H]2O1. The van der Waals surface area contributed by atoms with Crippen LogP contribution in [0, 0.1) is 0 Å². The molecule has 1 aliphatic carbocycles. The van der Waals surface area contributed by atoms with Gasteiger partial charge in [0.25, 0.3) is 0 Å². The van der Waals surface area contributed by atoms with Crippen LogP contribution in [0.4, 0.5) is 0 Å². The Labute approximate surface area is 95.7 Å². The van der Waals surface area contributed by atoms with E-state index in [1.807, 2.05) is 19.9 Å². The fourth-order valence-corrected chi connectivity index (χ4v) is 2.90. The van der Waals surface area contributed by atoms with E-state index in [1.165, 1.54) is 0 Å². The summed E-state index contributed by atoms with van der Waals surface area (Å²) in [5.74, 6) is -0.954. The van der Waals surface area contributed by atoms with Crippen LogP contribution in [-0.2, 0) is 19.0 Å². The highest BCUT2D eigenvalue weighted by molar-refractivity contribution is 9.10. The van der Waals surface area contributed by atoms with Crippen molar-refractivity contribution in [2.45, 2.75) is 42.3 Å². The van der Waals surface area contributed by atoms with Crippen molar-refractivity contribution in [3.8, 4) is 0 Å². The molecule has 4 aliphatic rings. The normalized spacial score (nSPS) is 50.3. The molecule has 15 heavy (non-hydrogen) atoms. The van der Waals surface area contributed by atoms with Crippen molar-refractivity contribution in [1.29, 1.82) is 0 Å². The third-order valence-corrected chi connectivity index (χ3v) is 3.99. The minimum atomic E-state index is -0.875. The summed E-state index contributed by atoms with van der Waals surface area (Å²) in [6, 6.07) is 0. The Hall–Kier alpha value is -0.390. The van der Waals surface area contributed by atoms with Crippen LogP contribution in [-0.4, -0.2) is 34.4 Å². The average molecular weight is 275 g/mol. The molecule has 0 radical (unpaired) electrons. The Balaban J connectivity index is 2.05. The maximum Gasteiger partial charge on any atom is 0.330 e. The third-order valence-electron chi connectivity index (χ3n) is 2.95. The smallest absolute Gasteiger partial charge is 0.330 e. The van der Waals surface area contributed by atoms with Crippen LogP contribution in [0.2, 0.25) is 0 Å². The van der Waals surface area contributed by atoms with Crippen molar-refractivity contribution < 1.29 is 19.0 Å². The molecule has 0 spiro atoms. The maximum absolute atomic E-state index is 11.7. The molecule has 3 heterocycles. The summed E-state index contributed by atoms with van der Waals surface area (Å²) >= 11 is 3.39. The molecular weight excluding hydrogens is 264 g/mol. The molecule has 0 aromatic rings. The maximum atomic E-state index is 11.7. The van der Waals surface area contributed by atoms with Crippen molar-refractivity contribution in [2.75, 3.05) is 0 Å². The van der Waals surface area contributed by atoms with Crippen LogP contribution >= 0.6 is 15.9 Å². The van der Waals surface area contributed by atoms with Gasteiger partial charge in [0.2, 0.25) is 0 Å². The number of carbonyl (C=O) groups excluding carboxylic acids is 1. The highest BCUT2D eigenvalue weighted by Gasteiger charge is 2.63. The van der Waals surface area contributed by atoms with E-state index in [0.29, 0.717) is 0 Å². The van der Waals surface area contributed by atoms with Gasteiger partial charge in [0, 0.05) is 0 Å². The number of alkyl halides is 1. The fraction of sp³-hybridized carbons (Fsp3) is 0.700. The van der Waals surface area contributed by atoms with E-state index in [-0.39, 0.29) is 24.3 Å². The van der Waals surface area contributed by atoms with Crippen molar-refractivity contribution in [1.82, 2.24) is 0 Å². The van der Waals surface area contributed by atoms with Crippen molar-refractivity contribution in [3.05, 3.63) is 12.2 Å². The zero-order valence-electron chi connectivity index (χ0n) is 8.40. The lowest BCUT2D eigenvalue weighted by atomic mass is 9.85. The molecule has 2 bridgehead atoms. The number of hydrogen-bond acceptors (Lipinski definition) is 4. The minimum absolute atomic E-state index is 0.206. The summed E-state index contributed by atoms with van der Waals surface area (Å²) in [5.41, 5.74) is 0. The van der Waals surface area contributed by atoms with Gasteiger partial charge in [0.1, 0.15) is 18.3 Å². The largest absolute Gasteiger partial charge is 0.454 e. The molecule has 4 rings (SSSR count). The Kier molecular flexibility index (Phi) is 1.73. The highest BCUT2D eigenvalue weighted by Crippen LogP contribution is 2.48. The number of halogens is 1. The number of esters is 1. The summed E-state index contributed by atoms with van der Waals surface area (Å²) in [5, 5.41) is 0. The van der Waals surface area contributed by atoms with Gasteiger partial charge >= 0.3 is 5.97 Å². The molecule has 0 amide bonds. The van der Waals surface area contributed by atoms with Crippen LogP contribution < -0.4 is 0 Å². The standard InChI is InChI=1S/C10H11BrO4/c1-9(2)14-6-5-3-4-10(11,7(6)15-9)8(12)13-5/h3-7H,1-2H3/t5?,6-,7-,10?/m0/s1. The Bertz CT molecular complexity index is 364. The summed E-state index contributed by atoms with van der Waals surface area (Å²) in [6.07, 6.45) is 2.83. The molecule has 0 aromatic carbocycles. The summed E-state index contributed by atoms with van der Waals surface area (Å²) in [6.45, 7) is 3.68. The lowest BCUT2D eigenvalue weighted by Gasteiger charge is -2.42. The lowest BCUT2D eigenvalue weighted by molar-refractivity contribution is -0.168. The lowest BCUT2D eigenvalue weighted by Crippen LogP contribution is -2.61. The minimum Gasteiger partial charge on any atom is -0.454 e. The third kappa shape index (κ3) is 1.17. The van der Waals surface area contributed by atoms with Gasteiger partial charge < -0.3 is 14.2 Å². The van der Waals surface area contributed by atoms with Gasteiger partial charge in [-0.1, -0.05) is 22.0 Å². The second-order valence-corrected chi connectivity index (χ2v) is 5.83. The second kappa shape index (κ2) is 2.64. The van der Waals surface area contributed by atoms with Crippen molar-refractivity contribution in [2.24, 2.45) is 0 Å². The molecule has 4 atom stereocenters. The molecule has 2 fully saturated rings. The first kappa shape index (κ1) is 9.81. The zero-order valence-corrected chi connectivity index (χ0v) is 9.98. The Morgan fingerprint density at radius 2 is 2.13 bits per heavy atom. The second-order valence-electron chi connectivity index (χ2n) is 4.52. The van der Waals surface area contributed by atoms with E-state index in [0.717, 1.165) is 0 Å². The van der Waals surface area contributed by atoms with E-state index in [4.69, 9.17) is 14.2 Å². The predicted molar refractivity (Wildman–Crippen MR) is 54.5 cm³/mol.